The van der Waals surface area contributed by atoms with E-state index in [1.165, 1.54) is 30.3 Å². The number of carbonyl (C=O) groups is 2. The van der Waals surface area contributed by atoms with E-state index < -0.39 is 34.7 Å². The SMILES string of the molecule is O=C(CCN1CCOCC1)Oc1ccc(C2(c3ccc(F)cc3)C(=O)Nc3c2ccc(F)c3F)cc1. The summed E-state index contributed by atoms with van der Waals surface area (Å²) in [6, 6.07) is 13.8. The summed E-state index contributed by atoms with van der Waals surface area (Å²) in [5.74, 6) is -3.49. The zero-order chi connectivity index (χ0) is 25.3. The van der Waals surface area contributed by atoms with Crippen molar-refractivity contribution in [1.82, 2.24) is 4.90 Å². The summed E-state index contributed by atoms with van der Waals surface area (Å²) in [5.41, 5.74) is -0.821. The predicted octanol–water partition coefficient (Wildman–Crippen LogP) is 4.02. The van der Waals surface area contributed by atoms with E-state index in [2.05, 4.69) is 10.2 Å². The van der Waals surface area contributed by atoms with Gasteiger partial charge in [0, 0.05) is 25.2 Å². The molecule has 3 aromatic carbocycles. The molecule has 9 heteroatoms. The van der Waals surface area contributed by atoms with Crippen LogP contribution in [0.4, 0.5) is 18.9 Å². The number of fused-ring (bicyclic) bond motifs is 1. The van der Waals surface area contributed by atoms with Crippen LogP contribution in [0.2, 0.25) is 0 Å². The number of carbonyl (C=O) groups excluding carboxylic acids is 2. The first-order chi connectivity index (χ1) is 17.4. The summed E-state index contributed by atoms with van der Waals surface area (Å²) >= 11 is 0. The number of rotatable bonds is 6. The van der Waals surface area contributed by atoms with Gasteiger partial charge in [-0.3, -0.25) is 14.5 Å². The molecular formula is C27H23F3N2O4. The third-order valence-electron chi connectivity index (χ3n) is 6.61. The van der Waals surface area contributed by atoms with Gasteiger partial charge in [-0.1, -0.05) is 30.3 Å². The van der Waals surface area contributed by atoms with Crippen molar-refractivity contribution in [3.63, 3.8) is 0 Å². The summed E-state index contributed by atoms with van der Waals surface area (Å²) in [6.45, 7) is 3.37. The van der Waals surface area contributed by atoms with Gasteiger partial charge in [0.2, 0.25) is 5.91 Å². The number of hydrogen-bond acceptors (Lipinski definition) is 5. The Morgan fingerprint density at radius 3 is 2.25 bits per heavy atom. The van der Waals surface area contributed by atoms with E-state index in [4.69, 9.17) is 9.47 Å². The summed E-state index contributed by atoms with van der Waals surface area (Å²) in [4.78, 5) is 27.9. The zero-order valence-corrected chi connectivity index (χ0v) is 19.2. The van der Waals surface area contributed by atoms with Crippen LogP contribution >= 0.6 is 0 Å². The summed E-state index contributed by atoms with van der Waals surface area (Å²) in [7, 11) is 0. The lowest BCUT2D eigenvalue weighted by molar-refractivity contribution is -0.135. The molecule has 3 aromatic rings. The van der Waals surface area contributed by atoms with Crippen LogP contribution < -0.4 is 10.1 Å². The highest BCUT2D eigenvalue weighted by atomic mass is 19.2. The first-order valence-electron chi connectivity index (χ1n) is 11.6. The molecule has 0 aliphatic carbocycles. The van der Waals surface area contributed by atoms with Gasteiger partial charge in [0.15, 0.2) is 11.6 Å². The Labute approximate surface area is 205 Å². The first kappa shape index (κ1) is 24.0. The van der Waals surface area contributed by atoms with Gasteiger partial charge in [-0.2, -0.15) is 0 Å². The molecule has 2 aliphatic heterocycles. The molecule has 0 spiro atoms. The number of esters is 1. The van der Waals surface area contributed by atoms with Crippen LogP contribution in [0.25, 0.3) is 0 Å². The lowest BCUT2D eigenvalue weighted by Crippen LogP contribution is -2.37. The van der Waals surface area contributed by atoms with Crippen molar-refractivity contribution in [3.05, 3.63) is 94.8 Å². The molecule has 1 saturated heterocycles. The fraction of sp³-hybridized carbons (Fsp3) is 0.259. The van der Waals surface area contributed by atoms with E-state index in [9.17, 15) is 22.8 Å². The highest BCUT2D eigenvalue weighted by Gasteiger charge is 2.51. The normalized spacial score (nSPS) is 19.6. The average molecular weight is 496 g/mol. The second kappa shape index (κ2) is 9.75. The molecular weight excluding hydrogens is 473 g/mol. The van der Waals surface area contributed by atoms with E-state index in [1.54, 1.807) is 24.3 Å². The van der Waals surface area contributed by atoms with Gasteiger partial charge in [0.1, 0.15) is 17.0 Å². The average Bonchev–Trinajstić information content (AvgIpc) is 3.20. The maximum Gasteiger partial charge on any atom is 0.312 e. The third-order valence-corrected chi connectivity index (χ3v) is 6.61. The topological polar surface area (TPSA) is 67.9 Å². The first-order valence-corrected chi connectivity index (χ1v) is 11.6. The predicted molar refractivity (Wildman–Crippen MR) is 125 cm³/mol. The number of anilines is 1. The van der Waals surface area contributed by atoms with Gasteiger partial charge in [0.05, 0.1) is 25.3 Å². The van der Waals surface area contributed by atoms with Crippen LogP contribution in [0.3, 0.4) is 0 Å². The van der Waals surface area contributed by atoms with Crippen LogP contribution in [0.15, 0.2) is 60.7 Å². The number of hydrogen-bond donors (Lipinski definition) is 1. The molecule has 6 nitrogen and oxygen atoms in total. The van der Waals surface area contributed by atoms with Gasteiger partial charge >= 0.3 is 5.97 Å². The Morgan fingerprint density at radius 1 is 0.944 bits per heavy atom. The second-order valence-corrected chi connectivity index (χ2v) is 8.70. The summed E-state index contributed by atoms with van der Waals surface area (Å²) < 4.78 is 53.0. The minimum Gasteiger partial charge on any atom is -0.426 e. The van der Waals surface area contributed by atoms with E-state index in [0.717, 1.165) is 19.2 Å². The van der Waals surface area contributed by atoms with E-state index in [-0.39, 0.29) is 23.4 Å². The van der Waals surface area contributed by atoms with Gasteiger partial charge in [-0.25, -0.2) is 13.2 Å². The number of benzene rings is 3. The number of nitrogens with one attached hydrogen (secondary N) is 1. The number of amides is 1. The van der Waals surface area contributed by atoms with Crippen molar-refractivity contribution in [2.45, 2.75) is 11.8 Å². The smallest absolute Gasteiger partial charge is 0.312 e. The molecule has 1 amide bonds. The largest absolute Gasteiger partial charge is 0.426 e. The van der Waals surface area contributed by atoms with Crippen molar-refractivity contribution in [2.75, 3.05) is 38.2 Å². The third kappa shape index (κ3) is 4.25. The Bertz CT molecular complexity index is 1290. The van der Waals surface area contributed by atoms with Crippen LogP contribution in [0.1, 0.15) is 23.1 Å². The van der Waals surface area contributed by atoms with Crippen LogP contribution in [-0.2, 0) is 19.7 Å². The van der Waals surface area contributed by atoms with E-state index >= 15 is 0 Å². The fourth-order valence-corrected chi connectivity index (χ4v) is 4.78. The summed E-state index contributed by atoms with van der Waals surface area (Å²) in [6.07, 6.45) is 0.210. The van der Waals surface area contributed by atoms with Crippen molar-refractivity contribution < 1.29 is 32.2 Å². The Balaban J connectivity index is 1.45. The Morgan fingerprint density at radius 2 is 1.58 bits per heavy atom. The molecule has 0 saturated carbocycles. The Hall–Kier alpha value is -3.69. The standard InChI is InChI=1S/C27H23F3N2O4/c28-19-5-1-17(2-6-19)27(21-9-10-22(29)24(30)25(21)31-26(27)34)18-3-7-20(8-4-18)36-23(33)11-12-32-13-15-35-16-14-32/h1-10H,11-16H2,(H,31,34). The molecule has 1 unspecified atom stereocenters. The molecule has 0 radical (unpaired) electrons. The molecule has 1 atom stereocenters. The fourth-order valence-electron chi connectivity index (χ4n) is 4.78. The molecule has 0 bridgehead atoms. The van der Waals surface area contributed by atoms with Crippen LogP contribution in [-0.4, -0.2) is 49.6 Å². The van der Waals surface area contributed by atoms with Crippen molar-refractivity contribution >= 4 is 17.6 Å². The monoisotopic (exact) mass is 496 g/mol. The van der Waals surface area contributed by atoms with Gasteiger partial charge < -0.3 is 14.8 Å². The minimum atomic E-state index is -1.56. The maximum absolute atomic E-state index is 14.6. The summed E-state index contributed by atoms with van der Waals surface area (Å²) in [5, 5.41) is 2.46. The zero-order valence-electron chi connectivity index (χ0n) is 19.2. The minimum absolute atomic E-state index is 0.202. The molecule has 36 heavy (non-hydrogen) atoms. The highest BCUT2D eigenvalue weighted by Crippen LogP contribution is 2.49. The van der Waals surface area contributed by atoms with Gasteiger partial charge in [-0.05, 0) is 41.5 Å². The van der Waals surface area contributed by atoms with Crippen LogP contribution in [0.5, 0.6) is 5.75 Å². The molecule has 0 aromatic heterocycles. The quantitative estimate of drug-likeness (QED) is 0.413. The number of ether oxygens (including phenoxy) is 2. The van der Waals surface area contributed by atoms with Gasteiger partial charge in [-0.15, -0.1) is 0 Å². The molecule has 186 valence electrons. The van der Waals surface area contributed by atoms with Crippen molar-refractivity contribution in [3.8, 4) is 5.75 Å². The Kier molecular flexibility index (Phi) is 6.51. The van der Waals surface area contributed by atoms with Crippen molar-refractivity contribution in [2.24, 2.45) is 0 Å². The van der Waals surface area contributed by atoms with E-state index in [0.29, 0.717) is 30.9 Å². The van der Waals surface area contributed by atoms with Crippen molar-refractivity contribution in [1.29, 1.82) is 0 Å². The molecule has 1 N–H and O–H groups in total. The number of nitrogens with zero attached hydrogens (tertiary/aromatic N) is 1. The van der Waals surface area contributed by atoms with Crippen LogP contribution in [0, 0.1) is 17.5 Å². The molecule has 2 aliphatic rings. The van der Waals surface area contributed by atoms with E-state index in [1.807, 2.05) is 0 Å². The highest BCUT2D eigenvalue weighted by molar-refractivity contribution is 6.11. The molecule has 5 rings (SSSR count). The molecule has 1 fully saturated rings. The lowest BCUT2D eigenvalue weighted by Gasteiger charge is -2.29. The second-order valence-electron chi connectivity index (χ2n) is 8.70. The maximum atomic E-state index is 14.6. The number of morpholine rings is 1. The van der Waals surface area contributed by atoms with Gasteiger partial charge in [0.25, 0.3) is 0 Å². The lowest BCUT2D eigenvalue weighted by atomic mass is 9.70. The number of halogens is 3. The molecule has 2 heterocycles.